The molecular weight excluding hydrogens is 392 g/mol. The van der Waals surface area contributed by atoms with Gasteiger partial charge in [0.1, 0.15) is 0 Å². The first-order valence-electron chi connectivity index (χ1n) is 10.7. The Bertz CT molecular complexity index is 1260. The lowest BCUT2D eigenvalue weighted by Crippen LogP contribution is -2.39. The first-order valence-corrected chi connectivity index (χ1v) is 11.6. The number of hydrogen-bond donors (Lipinski definition) is 0. The Kier molecular flexibility index (Phi) is 4.82. The lowest BCUT2D eigenvalue weighted by atomic mass is 9.96. The van der Waals surface area contributed by atoms with Gasteiger partial charge in [0, 0.05) is 34.6 Å². The lowest BCUT2D eigenvalue weighted by Gasteiger charge is -2.35. The summed E-state index contributed by atoms with van der Waals surface area (Å²) in [6.07, 6.45) is 3.13. The Morgan fingerprint density at radius 3 is 2.90 bits per heavy atom. The molecule has 0 N–H and O–H groups in total. The van der Waals surface area contributed by atoms with Crippen LogP contribution in [0.2, 0.25) is 0 Å². The summed E-state index contributed by atoms with van der Waals surface area (Å²) in [6, 6.07) is 10.5. The van der Waals surface area contributed by atoms with Crippen LogP contribution in [0, 0.1) is 13.8 Å². The molecule has 1 aromatic carbocycles. The topological polar surface area (TPSA) is 50.5 Å². The average molecular weight is 419 g/mol. The number of benzene rings is 1. The zero-order valence-corrected chi connectivity index (χ0v) is 18.5. The van der Waals surface area contributed by atoms with Crippen LogP contribution in [0.4, 0.5) is 0 Å². The fourth-order valence-corrected chi connectivity index (χ4v) is 5.78. The van der Waals surface area contributed by atoms with Crippen molar-refractivity contribution in [1.82, 2.24) is 19.5 Å². The van der Waals surface area contributed by atoms with E-state index in [4.69, 9.17) is 10.1 Å². The number of fused-ring (bicyclic) bond motifs is 4. The van der Waals surface area contributed by atoms with Crippen LogP contribution in [-0.4, -0.2) is 31.9 Å². The molecule has 154 valence electrons. The van der Waals surface area contributed by atoms with Crippen LogP contribution < -0.4 is 0 Å². The number of hydrogen-bond acceptors (Lipinski definition) is 4. The van der Waals surface area contributed by atoms with Crippen LogP contribution in [0.25, 0.3) is 16.6 Å². The molecule has 6 heteroatoms. The van der Waals surface area contributed by atoms with Crippen LogP contribution in [0.1, 0.15) is 53.2 Å². The predicted octanol–water partition coefficient (Wildman–Crippen LogP) is 5.03. The summed E-state index contributed by atoms with van der Waals surface area (Å²) in [6.45, 7) is 7.12. The second-order valence-corrected chi connectivity index (χ2v) is 9.07. The minimum Gasteiger partial charge on any atom is -0.335 e. The molecule has 1 atom stereocenters. The fourth-order valence-electron chi connectivity index (χ4n) is 4.85. The highest BCUT2D eigenvalue weighted by Crippen LogP contribution is 2.35. The van der Waals surface area contributed by atoms with Gasteiger partial charge >= 0.3 is 0 Å². The number of carbonyl (C=O) groups excluding carboxylic acids is 1. The molecule has 4 heterocycles. The van der Waals surface area contributed by atoms with Crippen LogP contribution >= 0.6 is 11.3 Å². The van der Waals surface area contributed by atoms with E-state index in [1.54, 1.807) is 0 Å². The standard InChI is InChI=1S/C24H26N4OS/c1-4-21-19-12-14-30-22(19)11-13-27(21)23(29)10-9-17-15(2)25-24-18-7-5-6-8-20(18)26-28(24)16(17)3/h5-8,12,14,21H,4,9-11,13H2,1-3H3. The van der Waals surface area contributed by atoms with Crippen molar-refractivity contribution >= 4 is 33.8 Å². The first-order chi connectivity index (χ1) is 14.6. The van der Waals surface area contributed by atoms with Gasteiger partial charge in [-0.05, 0) is 67.8 Å². The summed E-state index contributed by atoms with van der Waals surface area (Å²) < 4.78 is 1.94. The molecule has 1 amide bonds. The summed E-state index contributed by atoms with van der Waals surface area (Å²) in [7, 11) is 0. The summed E-state index contributed by atoms with van der Waals surface area (Å²) in [5.41, 5.74) is 6.39. The van der Waals surface area contributed by atoms with E-state index < -0.39 is 0 Å². The molecule has 0 saturated carbocycles. The van der Waals surface area contributed by atoms with Crippen molar-refractivity contribution in [3.63, 3.8) is 0 Å². The van der Waals surface area contributed by atoms with Gasteiger partial charge in [-0.2, -0.15) is 5.10 Å². The third-order valence-electron chi connectivity index (χ3n) is 6.41. The van der Waals surface area contributed by atoms with E-state index in [-0.39, 0.29) is 11.9 Å². The summed E-state index contributed by atoms with van der Waals surface area (Å²) in [4.78, 5) is 21.6. The van der Waals surface area contributed by atoms with Crippen LogP contribution in [0.5, 0.6) is 0 Å². The molecule has 1 unspecified atom stereocenters. The lowest BCUT2D eigenvalue weighted by molar-refractivity contribution is -0.134. The molecule has 3 aromatic heterocycles. The van der Waals surface area contributed by atoms with E-state index in [0.717, 1.165) is 52.9 Å². The van der Waals surface area contributed by atoms with Crippen molar-refractivity contribution in [3.05, 3.63) is 63.1 Å². The van der Waals surface area contributed by atoms with Gasteiger partial charge in [-0.15, -0.1) is 11.3 Å². The molecule has 0 spiro atoms. The van der Waals surface area contributed by atoms with Crippen LogP contribution in [-0.2, 0) is 17.6 Å². The third kappa shape index (κ3) is 3.01. The second kappa shape index (κ2) is 7.51. The maximum absolute atomic E-state index is 13.2. The quantitative estimate of drug-likeness (QED) is 0.467. The number of amides is 1. The van der Waals surface area contributed by atoms with Crippen molar-refractivity contribution in [2.75, 3.05) is 6.54 Å². The first kappa shape index (κ1) is 19.2. The van der Waals surface area contributed by atoms with Gasteiger partial charge in [-0.3, -0.25) is 4.79 Å². The molecular formula is C24H26N4OS. The molecule has 30 heavy (non-hydrogen) atoms. The number of carbonyl (C=O) groups is 1. The predicted molar refractivity (Wildman–Crippen MR) is 121 cm³/mol. The highest BCUT2D eigenvalue weighted by molar-refractivity contribution is 7.10. The van der Waals surface area contributed by atoms with Crippen molar-refractivity contribution in [2.45, 2.75) is 52.5 Å². The van der Waals surface area contributed by atoms with Crippen LogP contribution in [0.15, 0.2) is 35.7 Å². The van der Waals surface area contributed by atoms with Crippen molar-refractivity contribution in [3.8, 4) is 0 Å². The molecule has 0 aliphatic carbocycles. The van der Waals surface area contributed by atoms with Gasteiger partial charge in [-0.1, -0.05) is 19.1 Å². The molecule has 5 nitrogen and oxygen atoms in total. The zero-order chi connectivity index (χ0) is 20.8. The smallest absolute Gasteiger partial charge is 0.223 e. The van der Waals surface area contributed by atoms with E-state index in [1.165, 1.54) is 10.4 Å². The molecule has 1 aliphatic rings. The Morgan fingerprint density at radius 2 is 2.07 bits per heavy atom. The van der Waals surface area contributed by atoms with E-state index in [0.29, 0.717) is 12.8 Å². The van der Waals surface area contributed by atoms with Crippen molar-refractivity contribution < 1.29 is 4.79 Å². The van der Waals surface area contributed by atoms with E-state index in [9.17, 15) is 4.79 Å². The molecule has 5 rings (SSSR count). The Labute approximate surface area is 180 Å². The van der Waals surface area contributed by atoms with Crippen molar-refractivity contribution in [2.24, 2.45) is 0 Å². The molecule has 0 bridgehead atoms. The van der Waals surface area contributed by atoms with E-state index in [1.807, 2.05) is 41.0 Å². The molecule has 0 saturated heterocycles. The van der Waals surface area contributed by atoms with Gasteiger partial charge in [0.05, 0.1) is 11.6 Å². The fraction of sp³-hybridized carbons (Fsp3) is 0.375. The molecule has 4 aromatic rings. The number of aryl methyl sites for hydroxylation is 2. The Morgan fingerprint density at radius 1 is 1.23 bits per heavy atom. The van der Waals surface area contributed by atoms with Gasteiger partial charge in [0.15, 0.2) is 5.65 Å². The van der Waals surface area contributed by atoms with E-state index in [2.05, 4.69) is 36.3 Å². The van der Waals surface area contributed by atoms with Crippen LogP contribution in [0.3, 0.4) is 0 Å². The number of thiophene rings is 1. The third-order valence-corrected chi connectivity index (χ3v) is 7.41. The highest BCUT2D eigenvalue weighted by Gasteiger charge is 2.30. The number of aromatic nitrogens is 3. The SMILES string of the molecule is CCC1c2ccsc2CCN1C(=O)CCc1c(C)nc2c3ccccc3nn2c1C. The second-order valence-electron chi connectivity index (χ2n) is 8.07. The van der Waals surface area contributed by atoms with Crippen molar-refractivity contribution in [1.29, 1.82) is 0 Å². The Balaban J connectivity index is 1.41. The van der Waals surface area contributed by atoms with Gasteiger partial charge in [0.25, 0.3) is 0 Å². The number of nitrogens with zero attached hydrogens (tertiary/aromatic N) is 4. The maximum Gasteiger partial charge on any atom is 0.223 e. The molecule has 0 fully saturated rings. The van der Waals surface area contributed by atoms with Gasteiger partial charge in [0.2, 0.25) is 5.91 Å². The Hall–Kier alpha value is -2.73. The zero-order valence-electron chi connectivity index (χ0n) is 17.7. The monoisotopic (exact) mass is 418 g/mol. The van der Waals surface area contributed by atoms with Gasteiger partial charge < -0.3 is 4.90 Å². The summed E-state index contributed by atoms with van der Waals surface area (Å²) >= 11 is 1.82. The summed E-state index contributed by atoms with van der Waals surface area (Å²) in [5, 5.41) is 7.96. The summed E-state index contributed by atoms with van der Waals surface area (Å²) in [5.74, 6) is 0.239. The average Bonchev–Trinajstić information content (AvgIpc) is 3.37. The minimum absolute atomic E-state index is 0.215. The van der Waals surface area contributed by atoms with E-state index >= 15 is 0 Å². The van der Waals surface area contributed by atoms with Gasteiger partial charge in [-0.25, -0.2) is 9.50 Å². The minimum atomic E-state index is 0.215. The number of rotatable bonds is 4. The largest absolute Gasteiger partial charge is 0.335 e. The maximum atomic E-state index is 13.2. The highest BCUT2D eigenvalue weighted by atomic mass is 32.1. The molecule has 0 radical (unpaired) electrons. The normalized spacial score (nSPS) is 16.4. The molecule has 1 aliphatic heterocycles.